The molecule has 0 fully saturated rings. The Labute approximate surface area is 181 Å². The average molecular weight is 464 g/mol. The average Bonchev–Trinajstić information content (AvgIpc) is 3.32. The Balaban J connectivity index is 1.45. The van der Waals surface area contributed by atoms with Gasteiger partial charge in [0.15, 0.2) is 0 Å². The van der Waals surface area contributed by atoms with Gasteiger partial charge in [0.25, 0.3) is 11.8 Å². The fourth-order valence-corrected chi connectivity index (χ4v) is 4.63. The lowest BCUT2D eigenvalue weighted by Gasteiger charge is -2.38. The van der Waals surface area contributed by atoms with E-state index in [0.29, 0.717) is 24.2 Å². The molecule has 2 aromatic carbocycles. The van der Waals surface area contributed by atoms with Gasteiger partial charge in [0.1, 0.15) is 6.54 Å². The van der Waals surface area contributed by atoms with E-state index in [1.54, 1.807) is 23.1 Å². The Morgan fingerprint density at radius 2 is 1.70 bits per heavy atom. The van der Waals surface area contributed by atoms with Crippen molar-refractivity contribution in [1.29, 1.82) is 0 Å². The molecule has 0 N–H and O–H groups in total. The van der Waals surface area contributed by atoms with Crippen LogP contribution < -0.4 is 0 Å². The third-order valence-corrected chi connectivity index (χ3v) is 6.19. The number of carbonyl (C=O) groups is 3. The Morgan fingerprint density at radius 1 is 0.933 bits per heavy atom. The van der Waals surface area contributed by atoms with Crippen LogP contribution >= 0.6 is 15.9 Å². The zero-order chi connectivity index (χ0) is 20.8. The molecule has 6 nitrogen and oxygen atoms in total. The van der Waals surface area contributed by atoms with Crippen LogP contribution in [-0.4, -0.2) is 45.2 Å². The summed E-state index contributed by atoms with van der Waals surface area (Å²) in [5.41, 5.74) is 2.68. The lowest BCUT2D eigenvalue weighted by molar-refractivity contribution is -0.134. The number of benzene rings is 2. The van der Waals surface area contributed by atoms with Gasteiger partial charge in [0, 0.05) is 29.5 Å². The molecule has 3 amide bonds. The van der Waals surface area contributed by atoms with Crippen molar-refractivity contribution in [3.8, 4) is 0 Å². The zero-order valence-electron chi connectivity index (χ0n) is 16.0. The number of hydrogen-bond acceptors (Lipinski definition) is 3. The van der Waals surface area contributed by atoms with Gasteiger partial charge in [0.05, 0.1) is 17.2 Å². The van der Waals surface area contributed by atoms with Crippen LogP contribution in [0.4, 0.5) is 0 Å². The van der Waals surface area contributed by atoms with E-state index in [9.17, 15) is 14.4 Å². The molecule has 0 saturated carbocycles. The molecule has 0 bridgehead atoms. The highest BCUT2D eigenvalue weighted by Gasteiger charge is 2.39. The number of nitrogens with zero attached hydrogens (tertiary/aromatic N) is 3. The molecule has 1 unspecified atom stereocenters. The molecule has 5 rings (SSSR count). The molecule has 2 aliphatic heterocycles. The van der Waals surface area contributed by atoms with Crippen LogP contribution in [-0.2, 0) is 11.3 Å². The number of rotatable bonds is 3. The summed E-state index contributed by atoms with van der Waals surface area (Å²) in [6, 6.07) is 18.5. The minimum Gasteiger partial charge on any atom is -0.348 e. The molecular weight excluding hydrogens is 446 g/mol. The maximum absolute atomic E-state index is 13.3. The summed E-state index contributed by atoms with van der Waals surface area (Å²) in [6.45, 7) is 0.912. The van der Waals surface area contributed by atoms with Crippen molar-refractivity contribution < 1.29 is 14.4 Å². The van der Waals surface area contributed by atoms with Gasteiger partial charge < -0.3 is 9.47 Å². The van der Waals surface area contributed by atoms with E-state index >= 15 is 0 Å². The van der Waals surface area contributed by atoms with Crippen LogP contribution in [0.15, 0.2) is 71.3 Å². The molecule has 150 valence electrons. The predicted octanol–water partition coefficient (Wildman–Crippen LogP) is 3.48. The van der Waals surface area contributed by atoms with Crippen LogP contribution in [0, 0.1) is 0 Å². The van der Waals surface area contributed by atoms with Crippen LogP contribution in [0.5, 0.6) is 0 Å². The van der Waals surface area contributed by atoms with Crippen molar-refractivity contribution in [3.63, 3.8) is 0 Å². The fraction of sp³-hybridized carbons (Fsp3) is 0.174. The summed E-state index contributed by atoms with van der Waals surface area (Å²) >= 11 is 3.33. The van der Waals surface area contributed by atoms with Crippen molar-refractivity contribution >= 4 is 33.7 Å². The second-order valence-corrected chi connectivity index (χ2v) is 8.33. The number of carbonyl (C=O) groups excluding carboxylic acids is 3. The Bertz CT molecular complexity index is 1170. The van der Waals surface area contributed by atoms with E-state index in [0.717, 1.165) is 20.6 Å². The summed E-state index contributed by atoms with van der Waals surface area (Å²) in [5.74, 6) is -1.10. The number of hydrogen-bond donors (Lipinski definition) is 0. The fourth-order valence-electron chi connectivity index (χ4n) is 4.27. The van der Waals surface area contributed by atoms with E-state index < -0.39 is 11.8 Å². The highest BCUT2D eigenvalue weighted by Crippen LogP contribution is 2.33. The molecule has 0 radical (unpaired) electrons. The third-order valence-electron chi connectivity index (χ3n) is 5.70. The Kier molecular flexibility index (Phi) is 4.55. The van der Waals surface area contributed by atoms with Crippen molar-refractivity contribution in [1.82, 2.24) is 14.4 Å². The molecule has 3 heterocycles. The van der Waals surface area contributed by atoms with Crippen LogP contribution in [0.2, 0.25) is 0 Å². The van der Waals surface area contributed by atoms with Crippen LogP contribution in [0.1, 0.15) is 38.0 Å². The lowest BCUT2D eigenvalue weighted by Crippen LogP contribution is -2.47. The third kappa shape index (κ3) is 2.97. The van der Waals surface area contributed by atoms with Crippen LogP contribution in [0.3, 0.4) is 0 Å². The predicted molar refractivity (Wildman–Crippen MR) is 114 cm³/mol. The highest BCUT2D eigenvalue weighted by molar-refractivity contribution is 9.10. The van der Waals surface area contributed by atoms with Gasteiger partial charge in [0.2, 0.25) is 5.91 Å². The molecular formula is C23H18BrN3O3. The summed E-state index contributed by atoms with van der Waals surface area (Å²) in [7, 11) is 0. The van der Waals surface area contributed by atoms with E-state index in [4.69, 9.17) is 0 Å². The molecule has 3 aromatic rings. The van der Waals surface area contributed by atoms with Crippen molar-refractivity contribution in [2.45, 2.75) is 12.6 Å². The van der Waals surface area contributed by atoms with E-state index in [-0.39, 0.29) is 18.5 Å². The van der Waals surface area contributed by atoms with Gasteiger partial charge in [-0.1, -0.05) is 46.3 Å². The Hall–Kier alpha value is -3.19. The lowest BCUT2D eigenvalue weighted by atomic mass is 10.00. The number of amides is 3. The van der Waals surface area contributed by atoms with Crippen molar-refractivity contribution in [2.24, 2.45) is 0 Å². The largest absolute Gasteiger partial charge is 0.348 e. The monoisotopic (exact) mass is 463 g/mol. The van der Waals surface area contributed by atoms with E-state index in [1.165, 1.54) is 0 Å². The molecule has 1 aromatic heterocycles. The summed E-state index contributed by atoms with van der Waals surface area (Å²) in [5, 5.41) is 0. The molecule has 2 aliphatic rings. The molecule has 0 saturated heterocycles. The van der Waals surface area contributed by atoms with Gasteiger partial charge in [-0.25, -0.2) is 0 Å². The minimum atomic E-state index is -0.429. The topological polar surface area (TPSA) is 62.6 Å². The first-order valence-electron chi connectivity index (χ1n) is 9.70. The van der Waals surface area contributed by atoms with Crippen LogP contribution in [0.25, 0.3) is 0 Å². The number of aromatic nitrogens is 1. The zero-order valence-corrected chi connectivity index (χ0v) is 17.6. The standard InChI is InChI=1S/C23H18BrN3O3/c24-16-8-9-17-18(13-16)23(30)27(22(17)29)14-20(28)26-12-11-25-10-4-7-19(25)21(26)15-5-2-1-3-6-15/h1-10,13,21H,11-12,14H2. The molecule has 30 heavy (non-hydrogen) atoms. The quantitative estimate of drug-likeness (QED) is 0.558. The van der Waals surface area contributed by atoms with E-state index in [1.807, 2.05) is 48.7 Å². The highest BCUT2D eigenvalue weighted by atomic mass is 79.9. The molecule has 0 spiro atoms. The first-order chi connectivity index (χ1) is 14.5. The SMILES string of the molecule is O=C1c2ccc(Br)cc2C(=O)N1CC(=O)N1CCn2cccc2C1c1ccccc1. The molecule has 0 aliphatic carbocycles. The summed E-state index contributed by atoms with van der Waals surface area (Å²) in [6.07, 6.45) is 2.01. The number of fused-ring (bicyclic) bond motifs is 2. The summed E-state index contributed by atoms with van der Waals surface area (Å²) < 4.78 is 2.86. The second-order valence-electron chi connectivity index (χ2n) is 7.41. The number of imide groups is 1. The maximum Gasteiger partial charge on any atom is 0.262 e. The summed E-state index contributed by atoms with van der Waals surface area (Å²) in [4.78, 5) is 41.7. The van der Waals surface area contributed by atoms with Gasteiger partial charge >= 0.3 is 0 Å². The van der Waals surface area contributed by atoms with Gasteiger partial charge in [-0.15, -0.1) is 0 Å². The van der Waals surface area contributed by atoms with Gasteiger partial charge in [-0.05, 0) is 35.9 Å². The second kappa shape index (κ2) is 7.25. The Morgan fingerprint density at radius 3 is 2.50 bits per heavy atom. The first kappa shape index (κ1) is 18.8. The number of halogens is 1. The molecule has 7 heteroatoms. The minimum absolute atomic E-state index is 0.245. The normalized spacial score (nSPS) is 17.8. The van der Waals surface area contributed by atoms with E-state index in [2.05, 4.69) is 20.5 Å². The van der Waals surface area contributed by atoms with Gasteiger partial charge in [-0.3, -0.25) is 19.3 Å². The molecule has 1 atom stereocenters. The van der Waals surface area contributed by atoms with Gasteiger partial charge in [-0.2, -0.15) is 0 Å². The van der Waals surface area contributed by atoms with Crippen molar-refractivity contribution in [2.75, 3.05) is 13.1 Å². The first-order valence-corrected chi connectivity index (χ1v) is 10.5. The maximum atomic E-state index is 13.3. The smallest absolute Gasteiger partial charge is 0.262 e. The van der Waals surface area contributed by atoms with Crippen molar-refractivity contribution in [3.05, 3.63) is 93.7 Å².